The van der Waals surface area contributed by atoms with Gasteiger partial charge in [0.25, 0.3) is 0 Å². The number of hydrogen-bond donors (Lipinski definition) is 1. The Morgan fingerprint density at radius 3 is 2.48 bits per heavy atom. The molecule has 0 saturated heterocycles. The normalized spacial score (nSPS) is 26.5. The monoisotopic (exact) mass is 291 g/mol. The van der Waals surface area contributed by atoms with Gasteiger partial charge in [0.2, 0.25) is 0 Å². The molecule has 0 bridgehead atoms. The molecule has 0 amide bonds. The molecule has 3 heteroatoms. The number of nitrogens with zero attached hydrogens (tertiary/aromatic N) is 2. The minimum Gasteiger partial charge on any atom is -0.312 e. The highest BCUT2D eigenvalue weighted by Gasteiger charge is 2.34. The fraction of sp³-hybridized carbons (Fsp3) is 0.833. The summed E-state index contributed by atoms with van der Waals surface area (Å²) in [7, 11) is 0. The Balaban J connectivity index is 2.25. The van der Waals surface area contributed by atoms with Gasteiger partial charge in [0.15, 0.2) is 0 Å². The van der Waals surface area contributed by atoms with Crippen LogP contribution in [-0.2, 0) is 0 Å². The molecule has 3 atom stereocenters. The molecule has 0 spiro atoms. The molecule has 3 unspecified atom stereocenters. The van der Waals surface area contributed by atoms with E-state index in [2.05, 4.69) is 51.5 Å². The van der Waals surface area contributed by atoms with Crippen LogP contribution in [0.15, 0.2) is 0 Å². The maximum absolute atomic E-state index is 4.86. The first kappa shape index (κ1) is 16.5. The molecule has 1 aliphatic carbocycles. The largest absolute Gasteiger partial charge is 0.312 e. The lowest BCUT2D eigenvalue weighted by Gasteiger charge is -2.39. The lowest BCUT2D eigenvalue weighted by atomic mass is 9.77. The number of rotatable bonds is 5. The molecule has 21 heavy (non-hydrogen) atoms. The summed E-state index contributed by atoms with van der Waals surface area (Å²) in [5.41, 5.74) is 3.90. The van der Waals surface area contributed by atoms with Crippen molar-refractivity contribution in [3.05, 3.63) is 17.0 Å². The summed E-state index contributed by atoms with van der Waals surface area (Å²) in [6.45, 7) is 14.7. The SMILES string of the molecule is CCCNC1CCC(C(C)C)CC1n1nc(C)c(C)c1C. The first-order valence-corrected chi connectivity index (χ1v) is 8.71. The van der Waals surface area contributed by atoms with Crippen molar-refractivity contribution in [1.29, 1.82) is 0 Å². The van der Waals surface area contributed by atoms with Gasteiger partial charge in [-0.05, 0) is 70.4 Å². The summed E-state index contributed by atoms with van der Waals surface area (Å²) in [4.78, 5) is 0. The van der Waals surface area contributed by atoms with Crippen molar-refractivity contribution in [2.24, 2.45) is 11.8 Å². The Morgan fingerprint density at radius 1 is 1.24 bits per heavy atom. The number of aryl methyl sites for hydroxylation is 1. The van der Waals surface area contributed by atoms with E-state index in [0.29, 0.717) is 12.1 Å². The molecule has 1 saturated carbocycles. The molecular formula is C18H33N3. The molecular weight excluding hydrogens is 258 g/mol. The highest BCUT2D eigenvalue weighted by molar-refractivity contribution is 5.23. The summed E-state index contributed by atoms with van der Waals surface area (Å²) in [5.74, 6) is 1.61. The minimum atomic E-state index is 0.519. The summed E-state index contributed by atoms with van der Waals surface area (Å²) < 4.78 is 2.33. The average molecular weight is 291 g/mol. The number of aromatic nitrogens is 2. The molecule has 1 heterocycles. The Hall–Kier alpha value is -0.830. The van der Waals surface area contributed by atoms with Gasteiger partial charge in [0.1, 0.15) is 0 Å². The maximum atomic E-state index is 4.86. The van der Waals surface area contributed by atoms with E-state index in [0.717, 1.165) is 18.4 Å². The Labute approximate surface area is 130 Å². The van der Waals surface area contributed by atoms with E-state index in [9.17, 15) is 0 Å². The van der Waals surface area contributed by atoms with Gasteiger partial charge in [-0.25, -0.2) is 0 Å². The molecule has 1 N–H and O–H groups in total. The van der Waals surface area contributed by atoms with E-state index >= 15 is 0 Å². The van der Waals surface area contributed by atoms with Crippen molar-refractivity contribution in [1.82, 2.24) is 15.1 Å². The highest BCUT2D eigenvalue weighted by Crippen LogP contribution is 2.37. The zero-order valence-corrected chi connectivity index (χ0v) is 14.7. The molecule has 1 aromatic rings. The van der Waals surface area contributed by atoms with Crippen LogP contribution in [-0.4, -0.2) is 22.4 Å². The topological polar surface area (TPSA) is 29.9 Å². The first-order chi connectivity index (χ1) is 9.95. The summed E-state index contributed by atoms with van der Waals surface area (Å²) >= 11 is 0. The molecule has 0 aliphatic heterocycles. The van der Waals surface area contributed by atoms with E-state index in [1.54, 1.807) is 0 Å². The lowest BCUT2D eigenvalue weighted by Crippen LogP contribution is -2.43. The molecule has 0 aromatic carbocycles. The fourth-order valence-corrected chi connectivity index (χ4v) is 3.69. The third-order valence-corrected chi connectivity index (χ3v) is 5.46. The van der Waals surface area contributed by atoms with Gasteiger partial charge in [-0.1, -0.05) is 20.8 Å². The van der Waals surface area contributed by atoms with Crippen LogP contribution in [0, 0.1) is 32.6 Å². The predicted octanol–water partition coefficient (Wildman–Crippen LogP) is 4.17. The van der Waals surface area contributed by atoms with Crippen LogP contribution >= 0.6 is 0 Å². The quantitative estimate of drug-likeness (QED) is 0.882. The van der Waals surface area contributed by atoms with Crippen LogP contribution in [0.5, 0.6) is 0 Å². The third kappa shape index (κ3) is 3.50. The summed E-state index contributed by atoms with van der Waals surface area (Å²) in [6, 6.07) is 1.10. The van der Waals surface area contributed by atoms with E-state index in [4.69, 9.17) is 5.10 Å². The lowest BCUT2D eigenvalue weighted by molar-refractivity contribution is 0.161. The van der Waals surface area contributed by atoms with Crippen LogP contribution in [0.25, 0.3) is 0 Å². The van der Waals surface area contributed by atoms with Crippen molar-refractivity contribution >= 4 is 0 Å². The summed E-state index contributed by atoms with van der Waals surface area (Å²) in [5, 5.41) is 8.64. The fourth-order valence-electron chi connectivity index (χ4n) is 3.69. The molecule has 0 radical (unpaired) electrons. The van der Waals surface area contributed by atoms with Gasteiger partial charge in [-0.2, -0.15) is 5.10 Å². The third-order valence-electron chi connectivity index (χ3n) is 5.46. The van der Waals surface area contributed by atoms with Gasteiger partial charge >= 0.3 is 0 Å². The van der Waals surface area contributed by atoms with Gasteiger partial charge < -0.3 is 5.32 Å². The van der Waals surface area contributed by atoms with E-state index in [1.807, 2.05) is 0 Å². The number of nitrogens with one attached hydrogen (secondary N) is 1. The maximum Gasteiger partial charge on any atom is 0.0678 e. The first-order valence-electron chi connectivity index (χ1n) is 8.71. The second kappa shape index (κ2) is 6.95. The summed E-state index contributed by atoms with van der Waals surface area (Å²) in [6.07, 6.45) is 5.10. The van der Waals surface area contributed by atoms with Crippen molar-refractivity contribution < 1.29 is 0 Å². The van der Waals surface area contributed by atoms with Gasteiger partial charge in [0, 0.05) is 11.7 Å². The van der Waals surface area contributed by atoms with Gasteiger partial charge in [0.05, 0.1) is 11.7 Å². The molecule has 1 aromatic heterocycles. The molecule has 3 nitrogen and oxygen atoms in total. The standard InChI is InChI=1S/C18H33N3/c1-7-10-19-17-9-8-16(12(2)3)11-18(17)21-15(6)13(4)14(5)20-21/h12,16-19H,7-11H2,1-6H3. The Morgan fingerprint density at radius 2 is 1.95 bits per heavy atom. The van der Waals surface area contributed by atoms with E-state index < -0.39 is 0 Å². The number of hydrogen-bond acceptors (Lipinski definition) is 2. The van der Waals surface area contributed by atoms with Crippen LogP contribution in [0.4, 0.5) is 0 Å². The minimum absolute atomic E-state index is 0.519. The highest BCUT2D eigenvalue weighted by atomic mass is 15.3. The zero-order chi connectivity index (χ0) is 15.6. The van der Waals surface area contributed by atoms with Crippen LogP contribution in [0.3, 0.4) is 0 Å². The van der Waals surface area contributed by atoms with Crippen molar-refractivity contribution in [2.45, 2.75) is 79.3 Å². The van der Waals surface area contributed by atoms with Crippen molar-refractivity contribution in [3.8, 4) is 0 Å². The van der Waals surface area contributed by atoms with Gasteiger partial charge in [-0.3, -0.25) is 4.68 Å². The van der Waals surface area contributed by atoms with Crippen molar-refractivity contribution in [3.63, 3.8) is 0 Å². The van der Waals surface area contributed by atoms with Gasteiger partial charge in [-0.15, -0.1) is 0 Å². The smallest absolute Gasteiger partial charge is 0.0678 e. The second-order valence-electron chi connectivity index (χ2n) is 7.19. The van der Waals surface area contributed by atoms with Crippen LogP contribution in [0.2, 0.25) is 0 Å². The van der Waals surface area contributed by atoms with E-state index in [-0.39, 0.29) is 0 Å². The molecule has 1 fully saturated rings. The zero-order valence-electron chi connectivity index (χ0n) is 14.7. The molecule has 120 valence electrons. The Kier molecular flexibility index (Phi) is 5.48. The second-order valence-corrected chi connectivity index (χ2v) is 7.19. The van der Waals surface area contributed by atoms with Crippen molar-refractivity contribution in [2.75, 3.05) is 6.54 Å². The van der Waals surface area contributed by atoms with Crippen LogP contribution < -0.4 is 5.32 Å². The van der Waals surface area contributed by atoms with E-state index in [1.165, 1.54) is 42.6 Å². The Bertz CT molecular complexity index is 461. The predicted molar refractivity (Wildman–Crippen MR) is 89.7 cm³/mol. The van der Waals surface area contributed by atoms with Crippen LogP contribution in [0.1, 0.15) is 69.4 Å². The molecule has 1 aliphatic rings. The molecule has 2 rings (SSSR count). The average Bonchev–Trinajstić information content (AvgIpc) is 2.72.